The van der Waals surface area contributed by atoms with Crippen molar-refractivity contribution in [3.05, 3.63) is 65.0 Å². The zero-order chi connectivity index (χ0) is 22.1. The van der Waals surface area contributed by atoms with Gasteiger partial charge in [-0.3, -0.25) is 19.2 Å². The number of esters is 1. The molecule has 0 atom stereocenters. The molecule has 0 spiro atoms. The number of anilines is 1. The van der Waals surface area contributed by atoms with Gasteiger partial charge in [-0.25, -0.2) is 4.39 Å². The summed E-state index contributed by atoms with van der Waals surface area (Å²) in [5, 5.41) is 2.40. The molecule has 0 aliphatic heterocycles. The van der Waals surface area contributed by atoms with E-state index in [2.05, 4.69) is 12.2 Å². The lowest BCUT2D eigenvalue weighted by molar-refractivity contribution is -0.142. The van der Waals surface area contributed by atoms with Crippen LogP contribution >= 0.6 is 0 Å². The molecule has 2 aromatic carbocycles. The second-order valence-electron chi connectivity index (χ2n) is 6.83. The maximum absolute atomic E-state index is 14.0. The Bertz CT molecular complexity index is 937. The minimum Gasteiger partial charge on any atom is -0.457 e. The highest BCUT2D eigenvalue weighted by molar-refractivity contribution is 6.00. The van der Waals surface area contributed by atoms with Crippen LogP contribution in [0.5, 0.6) is 0 Å². The summed E-state index contributed by atoms with van der Waals surface area (Å²) in [6.45, 7) is 2.72. The fourth-order valence-corrected chi connectivity index (χ4v) is 2.82. The number of ether oxygens (including phenoxy) is 1. The molecule has 0 saturated heterocycles. The van der Waals surface area contributed by atoms with E-state index < -0.39 is 24.2 Å². The first-order chi connectivity index (χ1) is 14.3. The van der Waals surface area contributed by atoms with Gasteiger partial charge in [0.1, 0.15) is 5.82 Å². The highest BCUT2D eigenvalue weighted by atomic mass is 19.1. The molecule has 158 valence electrons. The van der Waals surface area contributed by atoms with Crippen molar-refractivity contribution in [1.82, 2.24) is 0 Å². The molecule has 0 aliphatic rings. The molecule has 1 amide bonds. The van der Waals surface area contributed by atoms with Crippen LogP contribution in [-0.4, -0.2) is 30.0 Å². The molecule has 0 aromatic heterocycles. The third kappa shape index (κ3) is 6.92. The monoisotopic (exact) mass is 413 g/mol. The number of rotatable bonds is 10. The van der Waals surface area contributed by atoms with Gasteiger partial charge < -0.3 is 10.1 Å². The highest BCUT2D eigenvalue weighted by Crippen LogP contribution is 2.16. The van der Waals surface area contributed by atoms with E-state index in [0.29, 0.717) is 5.56 Å². The molecule has 0 heterocycles. The molecule has 6 nitrogen and oxygen atoms in total. The number of nitrogens with one attached hydrogen (secondary N) is 1. The van der Waals surface area contributed by atoms with E-state index in [1.54, 1.807) is 12.1 Å². The number of halogens is 1. The largest absolute Gasteiger partial charge is 0.457 e. The summed E-state index contributed by atoms with van der Waals surface area (Å²) >= 11 is 0. The molecule has 7 heteroatoms. The number of benzene rings is 2. The topological polar surface area (TPSA) is 89.5 Å². The van der Waals surface area contributed by atoms with Gasteiger partial charge in [-0.1, -0.05) is 37.6 Å². The van der Waals surface area contributed by atoms with Gasteiger partial charge >= 0.3 is 5.97 Å². The van der Waals surface area contributed by atoms with Crippen LogP contribution in [0.4, 0.5) is 10.1 Å². The molecule has 2 rings (SSSR count). The Morgan fingerprint density at radius 3 is 2.27 bits per heavy atom. The van der Waals surface area contributed by atoms with E-state index in [4.69, 9.17) is 4.74 Å². The van der Waals surface area contributed by atoms with Crippen LogP contribution in [0.2, 0.25) is 0 Å². The van der Waals surface area contributed by atoms with Crippen LogP contribution in [0.3, 0.4) is 0 Å². The molecule has 0 saturated carbocycles. The zero-order valence-electron chi connectivity index (χ0n) is 17.0. The van der Waals surface area contributed by atoms with Crippen molar-refractivity contribution >= 4 is 29.1 Å². The number of aryl methyl sites for hydroxylation is 1. The first-order valence-corrected chi connectivity index (χ1v) is 9.68. The zero-order valence-corrected chi connectivity index (χ0v) is 17.0. The number of Topliss-reactive ketones (excluding diaryl/α,β-unsaturated/α-hetero) is 2. The smallest absolute Gasteiger partial charge is 0.306 e. The Morgan fingerprint density at radius 1 is 0.967 bits per heavy atom. The molecule has 0 unspecified atom stereocenters. The lowest BCUT2D eigenvalue weighted by atomic mass is 10.0. The quantitative estimate of drug-likeness (QED) is 0.467. The van der Waals surface area contributed by atoms with E-state index >= 15 is 0 Å². The first-order valence-electron chi connectivity index (χ1n) is 9.68. The summed E-state index contributed by atoms with van der Waals surface area (Å²) in [4.78, 5) is 47.1. The SMILES string of the molecule is CCCc1ccc(C(=O)CCC(=O)OCC(=O)c2ccc(NC(C)=O)cc2F)cc1. The molecule has 0 fully saturated rings. The summed E-state index contributed by atoms with van der Waals surface area (Å²) in [7, 11) is 0. The Labute approximate surface area is 174 Å². The number of hydrogen-bond donors (Lipinski definition) is 1. The number of hydrogen-bond acceptors (Lipinski definition) is 5. The van der Waals surface area contributed by atoms with Gasteiger partial charge in [0.15, 0.2) is 12.4 Å². The minimum atomic E-state index is -0.830. The highest BCUT2D eigenvalue weighted by Gasteiger charge is 2.16. The first kappa shape index (κ1) is 22.9. The summed E-state index contributed by atoms with van der Waals surface area (Å²) in [6, 6.07) is 10.8. The molecule has 0 aliphatic carbocycles. The van der Waals surface area contributed by atoms with Crippen LogP contribution in [0.25, 0.3) is 0 Å². The lowest BCUT2D eigenvalue weighted by Crippen LogP contribution is -2.16. The third-order valence-corrected chi connectivity index (χ3v) is 4.32. The van der Waals surface area contributed by atoms with Crippen molar-refractivity contribution in [1.29, 1.82) is 0 Å². The number of amides is 1. The van der Waals surface area contributed by atoms with Crippen molar-refractivity contribution in [3.63, 3.8) is 0 Å². The minimum absolute atomic E-state index is 0.0417. The van der Waals surface area contributed by atoms with E-state index in [0.717, 1.165) is 24.5 Å². The van der Waals surface area contributed by atoms with E-state index in [1.807, 2.05) is 12.1 Å². The number of carbonyl (C=O) groups is 4. The third-order valence-electron chi connectivity index (χ3n) is 4.32. The van der Waals surface area contributed by atoms with Crippen LogP contribution in [0, 0.1) is 5.82 Å². The van der Waals surface area contributed by atoms with Gasteiger partial charge in [-0.2, -0.15) is 0 Å². The van der Waals surface area contributed by atoms with Crippen molar-refractivity contribution in [2.45, 2.75) is 39.5 Å². The molecular weight excluding hydrogens is 389 g/mol. The predicted octanol–water partition coefficient (Wildman–Crippen LogP) is 4.13. The van der Waals surface area contributed by atoms with E-state index in [9.17, 15) is 23.6 Å². The lowest BCUT2D eigenvalue weighted by Gasteiger charge is -2.07. The molecule has 1 N–H and O–H groups in total. The van der Waals surface area contributed by atoms with Crippen molar-refractivity contribution in [2.24, 2.45) is 0 Å². The summed E-state index contributed by atoms with van der Waals surface area (Å²) in [5.41, 5.74) is 1.62. The van der Waals surface area contributed by atoms with Crippen molar-refractivity contribution in [3.8, 4) is 0 Å². The fraction of sp³-hybridized carbons (Fsp3) is 0.304. The Balaban J connectivity index is 1.81. The van der Waals surface area contributed by atoms with Gasteiger partial charge in [0.05, 0.1) is 12.0 Å². The van der Waals surface area contributed by atoms with Crippen molar-refractivity contribution in [2.75, 3.05) is 11.9 Å². The maximum Gasteiger partial charge on any atom is 0.306 e. The molecule has 30 heavy (non-hydrogen) atoms. The Hall–Kier alpha value is -3.35. The standard InChI is InChI=1S/C23H24FNO5/c1-3-4-16-5-7-17(8-6-16)21(27)11-12-23(29)30-14-22(28)19-10-9-18(13-20(19)24)25-15(2)26/h5-10,13H,3-4,11-12,14H2,1-2H3,(H,25,26). The van der Waals surface area contributed by atoms with Crippen molar-refractivity contribution < 1.29 is 28.3 Å². The second-order valence-corrected chi connectivity index (χ2v) is 6.83. The van der Waals surface area contributed by atoms with Crippen LogP contribution < -0.4 is 5.32 Å². The predicted molar refractivity (Wildman–Crippen MR) is 110 cm³/mol. The number of carbonyl (C=O) groups excluding carboxylic acids is 4. The second kappa shape index (κ2) is 11.0. The molecular formula is C23H24FNO5. The van der Waals surface area contributed by atoms with Crippen LogP contribution in [0.15, 0.2) is 42.5 Å². The molecule has 0 radical (unpaired) electrons. The molecule has 0 bridgehead atoms. The number of ketones is 2. The van der Waals surface area contributed by atoms with E-state index in [1.165, 1.54) is 19.1 Å². The normalized spacial score (nSPS) is 10.4. The van der Waals surface area contributed by atoms with Crippen LogP contribution in [0.1, 0.15) is 59.4 Å². The van der Waals surface area contributed by atoms with Gasteiger partial charge in [-0.05, 0) is 30.2 Å². The van der Waals surface area contributed by atoms with Crippen LogP contribution in [-0.2, 0) is 20.7 Å². The average Bonchev–Trinajstić information content (AvgIpc) is 2.70. The summed E-state index contributed by atoms with van der Waals surface area (Å²) < 4.78 is 18.9. The Kier molecular flexibility index (Phi) is 8.41. The summed E-state index contributed by atoms with van der Waals surface area (Å²) in [6.07, 6.45) is 1.74. The maximum atomic E-state index is 14.0. The van der Waals surface area contributed by atoms with Gasteiger partial charge in [0.2, 0.25) is 11.7 Å². The van der Waals surface area contributed by atoms with Gasteiger partial charge in [-0.15, -0.1) is 0 Å². The average molecular weight is 413 g/mol. The van der Waals surface area contributed by atoms with Gasteiger partial charge in [0.25, 0.3) is 0 Å². The fourth-order valence-electron chi connectivity index (χ4n) is 2.82. The Morgan fingerprint density at radius 2 is 1.67 bits per heavy atom. The molecule has 2 aromatic rings. The van der Waals surface area contributed by atoms with Gasteiger partial charge in [0, 0.05) is 24.6 Å². The summed E-state index contributed by atoms with van der Waals surface area (Å²) in [5.74, 6) is -2.82. The van der Waals surface area contributed by atoms with E-state index in [-0.39, 0.29) is 35.8 Å².